The summed E-state index contributed by atoms with van der Waals surface area (Å²) in [4.78, 5) is 12.3. The zero-order valence-electron chi connectivity index (χ0n) is 13.3. The Kier molecular flexibility index (Phi) is 4.47. The Morgan fingerprint density at radius 3 is 2.78 bits per heavy atom. The molecular weight excluding hydrogens is 288 g/mol. The van der Waals surface area contributed by atoms with Crippen LogP contribution in [0.1, 0.15) is 37.7 Å². The maximum Gasteiger partial charge on any atom is 0.349 e. The molecule has 3 rings (SSSR count). The number of hydrogen-bond acceptors (Lipinski definition) is 3. The molecule has 0 aliphatic heterocycles. The summed E-state index contributed by atoms with van der Waals surface area (Å²) in [5.74, 6) is -0.507. The third-order valence-corrected chi connectivity index (χ3v) is 4.39. The van der Waals surface area contributed by atoms with Crippen molar-refractivity contribution in [1.29, 1.82) is 5.26 Å². The van der Waals surface area contributed by atoms with Gasteiger partial charge in [-0.3, -0.25) is 0 Å². The molecule has 0 radical (unpaired) electrons. The van der Waals surface area contributed by atoms with Gasteiger partial charge in [-0.05, 0) is 37.8 Å². The minimum absolute atomic E-state index is 0.0412. The lowest BCUT2D eigenvalue weighted by Gasteiger charge is -2.21. The number of aryl methyl sites for hydroxylation is 1. The van der Waals surface area contributed by atoms with E-state index in [0.29, 0.717) is 0 Å². The van der Waals surface area contributed by atoms with Crippen LogP contribution in [0.2, 0.25) is 0 Å². The number of nitrogens with zero attached hydrogens (tertiary/aromatic N) is 2. The number of hydrogen-bond donors (Lipinski definition) is 0. The van der Waals surface area contributed by atoms with Crippen molar-refractivity contribution in [3.8, 4) is 6.07 Å². The summed E-state index contributed by atoms with van der Waals surface area (Å²) in [6, 6.07) is 9.91. The first-order valence-corrected chi connectivity index (χ1v) is 8.06. The summed E-state index contributed by atoms with van der Waals surface area (Å²) < 4.78 is 7.49. The van der Waals surface area contributed by atoms with Crippen molar-refractivity contribution in [3.63, 3.8) is 0 Å². The number of ether oxygens (including phenoxy) is 1. The summed E-state index contributed by atoms with van der Waals surface area (Å²) >= 11 is 0. The number of nitriles is 1. The van der Waals surface area contributed by atoms with Gasteiger partial charge in [-0.25, -0.2) is 4.79 Å². The van der Waals surface area contributed by atoms with E-state index in [1.54, 1.807) is 6.08 Å². The van der Waals surface area contributed by atoms with Crippen molar-refractivity contribution in [2.45, 2.75) is 38.2 Å². The van der Waals surface area contributed by atoms with Crippen molar-refractivity contribution in [3.05, 3.63) is 41.6 Å². The molecule has 0 atom stereocenters. The maximum absolute atomic E-state index is 12.3. The van der Waals surface area contributed by atoms with E-state index in [-0.39, 0.29) is 11.7 Å². The Morgan fingerprint density at radius 1 is 1.30 bits per heavy atom. The lowest BCUT2D eigenvalue weighted by Crippen LogP contribution is -2.21. The van der Waals surface area contributed by atoms with Crippen LogP contribution >= 0.6 is 0 Å². The van der Waals surface area contributed by atoms with Crippen molar-refractivity contribution in [2.75, 3.05) is 0 Å². The maximum atomic E-state index is 12.3. The minimum atomic E-state index is -0.507. The predicted molar refractivity (Wildman–Crippen MR) is 89.5 cm³/mol. The van der Waals surface area contributed by atoms with Gasteiger partial charge in [-0.1, -0.05) is 24.6 Å². The van der Waals surface area contributed by atoms with E-state index < -0.39 is 5.97 Å². The molecular formula is C19H20N2O2. The predicted octanol–water partition coefficient (Wildman–Crippen LogP) is 3.96. The van der Waals surface area contributed by atoms with E-state index in [1.807, 2.05) is 48.1 Å². The molecule has 2 aromatic rings. The molecule has 1 aliphatic rings. The second-order valence-electron chi connectivity index (χ2n) is 6.05. The fourth-order valence-electron chi connectivity index (χ4n) is 3.18. The minimum Gasteiger partial charge on any atom is -0.458 e. The first-order chi connectivity index (χ1) is 11.2. The molecule has 0 amide bonds. The van der Waals surface area contributed by atoms with Crippen LogP contribution in [0.15, 0.2) is 36.0 Å². The number of benzene rings is 1. The van der Waals surface area contributed by atoms with Gasteiger partial charge in [0, 0.05) is 29.7 Å². The van der Waals surface area contributed by atoms with Crippen molar-refractivity contribution in [2.24, 2.45) is 7.05 Å². The number of carbonyl (C=O) groups excluding carboxylic acids is 1. The molecule has 4 nitrogen and oxygen atoms in total. The molecule has 1 saturated carbocycles. The van der Waals surface area contributed by atoms with Crippen LogP contribution in [0.4, 0.5) is 0 Å². The van der Waals surface area contributed by atoms with Gasteiger partial charge in [0.25, 0.3) is 0 Å². The SMILES string of the molecule is Cn1cc(/C=C(\C#N)C(=O)OC2CCCCC2)c2ccccc21. The van der Waals surface area contributed by atoms with Crippen LogP contribution in [-0.4, -0.2) is 16.6 Å². The van der Waals surface area contributed by atoms with Gasteiger partial charge in [0.1, 0.15) is 17.7 Å². The van der Waals surface area contributed by atoms with E-state index in [2.05, 4.69) is 0 Å². The molecule has 1 aliphatic carbocycles. The average Bonchev–Trinajstić information content (AvgIpc) is 2.90. The molecule has 23 heavy (non-hydrogen) atoms. The molecule has 0 bridgehead atoms. The summed E-state index contributed by atoms with van der Waals surface area (Å²) in [7, 11) is 1.95. The Morgan fingerprint density at radius 2 is 2.04 bits per heavy atom. The quantitative estimate of drug-likeness (QED) is 0.490. The van der Waals surface area contributed by atoms with E-state index in [9.17, 15) is 10.1 Å². The Bertz CT molecular complexity index is 789. The second kappa shape index (κ2) is 6.70. The summed E-state index contributed by atoms with van der Waals surface area (Å²) in [6.07, 6.45) is 8.70. The van der Waals surface area contributed by atoms with Crippen LogP contribution in [-0.2, 0) is 16.6 Å². The summed E-state index contributed by atoms with van der Waals surface area (Å²) in [5.41, 5.74) is 1.99. The summed E-state index contributed by atoms with van der Waals surface area (Å²) in [5, 5.41) is 10.4. The Hall–Kier alpha value is -2.54. The number of para-hydroxylation sites is 1. The van der Waals surface area contributed by atoms with Gasteiger partial charge < -0.3 is 9.30 Å². The highest BCUT2D eigenvalue weighted by molar-refractivity contribution is 6.01. The number of rotatable bonds is 3. The highest BCUT2D eigenvalue weighted by Crippen LogP contribution is 2.24. The largest absolute Gasteiger partial charge is 0.458 e. The topological polar surface area (TPSA) is 55.0 Å². The molecule has 0 spiro atoms. The smallest absolute Gasteiger partial charge is 0.349 e. The van der Waals surface area contributed by atoms with Crippen LogP contribution in [0.5, 0.6) is 0 Å². The highest BCUT2D eigenvalue weighted by Gasteiger charge is 2.20. The molecule has 4 heteroatoms. The lowest BCUT2D eigenvalue weighted by molar-refractivity contribution is -0.145. The van der Waals surface area contributed by atoms with Crippen molar-refractivity contribution < 1.29 is 9.53 Å². The van der Waals surface area contributed by atoms with Crippen LogP contribution in [0, 0.1) is 11.3 Å². The average molecular weight is 308 g/mol. The third-order valence-electron chi connectivity index (χ3n) is 4.39. The first kappa shape index (κ1) is 15.4. The molecule has 0 saturated heterocycles. The Balaban J connectivity index is 1.85. The monoisotopic (exact) mass is 308 g/mol. The summed E-state index contributed by atoms with van der Waals surface area (Å²) in [6.45, 7) is 0. The number of esters is 1. The molecule has 0 unspecified atom stereocenters. The van der Waals surface area contributed by atoms with E-state index in [4.69, 9.17) is 4.74 Å². The molecule has 1 heterocycles. The standard InChI is InChI=1S/C19H20N2O2/c1-21-13-15(17-9-5-6-10-18(17)21)11-14(12-20)19(22)23-16-7-3-2-4-8-16/h5-6,9-11,13,16H,2-4,7-8H2,1H3/b14-11+. The molecule has 1 fully saturated rings. The normalized spacial score (nSPS) is 16.3. The number of fused-ring (bicyclic) bond motifs is 1. The number of carbonyl (C=O) groups is 1. The van der Waals surface area contributed by atoms with Gasteiger partial charge in [-0.2, -0.15) is 5.26 Å². The van der Waals surface area contributed by atoms with Crippen molar-refractivity contribution in [1.82, 2.24) is 4.57 Å². The zero-order chi connectivity index (χ0) is 16.2. The fraction of sp³-hybridized carbons (Fsp3) is 0.368. The van der Waals surface area contributed by atoms with Crippen molar-refractivity contribution >= 4 is 22.9 Å². The van der Waals surface area contributed by atoms with Gasteiger partial charge in [-0.15, -0.1) is 0 Å². The van der Waals surface area contributed by atoms with Crippen LogP contribution in [0.3, 0.4) is 0 Å². The van der Waals surface area contributed by atoms with Gasteiger partial charge in [0.15, 0.2) is 0 Å². The lowest BCUT2D eigenvalue weighted by atomic mass is 9.98. The van der Waals surface area contributed by atoms with Gasteiger partial charge >= 0.3 is 5.97 Å². The molecule has 118 valence electrons. The van der Waals surface area contributed by atoms with Crippen LogP contribution in [0.25, 0.3) is 17.0 Å². The molecule has 1 aromatic carbocycles. The van der Waals surface area contributed by atoms with Gasteiger partial charge in [0.05, 0.1) is 0 Å². The second-order valence-corrected chi connectivity index (χ2v) is 6.05. The fourth-order valence-corrected chi connectivity index (χ4v) is 3.18. The zero-order valence-corrected chi connectivity index (χ0v) is 13.3. The highest BCUT2D eigenvalue weighted by atomic mass is 16.5. The molecule has 0 N–H and O–H groups in total. The molecule has 1 aromatic heterocycles. The third kappa shape index (κ3) is 3.29. The number of aromatic nitrogens is 1. The first-order valence-electron chi connectivity index (χ1n) is 8.06. The van der Waals surface area contributed by atoms with Crippen LogP contribution < -0.4 is 0 Å². The Labute approximate surface area is 136 Å². The van der Waals surface area contributed by atoms with E-state index in [1.165, 1.54) is 6.42 Å². The van der Waals surface area contributed by atoms with E-state index in [0.717, 1.165) is 42.1 Å². The van der Waals surface area contributed by atoms with E-state index >= 15 is 0 Å². The van der Waals surface area contributed by atoms with Gasteiger partial charge in [0.2, 0.25) is 0 Å².